The van der Waals surface area contributed by atoms with Gasteiger partial charge in [0.15, 0.2) is 10.9 Å². The van der Waals surface area contributed by atoms with Crippen LogP contribution in [0, 0.1) is 6.92 Å². The Labute approximate surface area is 109 Å². The van der Waals surface area contributed by atoms with Crippen LogP contribution in [-0.2, 0) is 0 Å². The van der Waals surface area contributed by atoms with Crippen LogP contribution < -0.4 is 10.6 Å². The van der Waals surface area contributed by atoms with Crippen molar-refractivity contribution in [1.82, 2.24) is 15.5 Å². The van der Waals surface area contributed by atoms with E-state index in [-0.39, 0.29) is 11.8 Å². The lowest BCUT2D eigenvalue weighted by molar-refractivity contribution is 0.474. The molecule has 1 aliphatic rings. The van der Waals surface area contributed by atoms with E-state index in [4.69, 9.17) is 12.2 Å². The summed E-state index contributed by atoms with van der Waals surface area (Å²) >= 11 is 5.16. The van der Waals surface area contributed by atoms with E-state index in [1.54, 1.807) is 12.1 Å². The third kappa shape index (κ3) is 1.70. The normalized spacial score (nSPS) is 17.8. The van der Waals surface area contributed by atoms with Crippen molar-refractivity contribution in [1.29, 1.82) is 0 Å². The smallest absolute Gasteiger partial charge is 0.172 e. The van der Waals surface area contributed by atoms with Crippen molar-refractivity contribution in [3.63, 3.8) is 0 Å². The third-order valence-electron chi connectivity index (χ3n) is 2.99. The van der Waals surface area contributed by atoms with Gasteiger partial charge in [-0.3, -0.25) is 5.10 Å². The zero-order chi connectivity index (χ0) is 12.7. The number of aromatic amines is 1. The molecule has 4 N–H and O–H groups in total. The number of aryl methyl sites for hydroxylation is 1. The second kappa shape index (κ2) is 3.99. The topological polar surface area (TPSA) is 73.0 Å². The van der Waals surface area contributed by atoms with Crippen LogP contribution in [0.2, 0.25) is 0 Å². The van der Waals surface area contributed by atoms with E-state index in [1.165, 1.54) is 0 Å². The molecule has 0 spiro atoms. The molecule has 1 aliphatic heterocycles. The summed E-state index contributed by atoms with van der Waals surface area (Å²) in [6, 6.07) is 7.03. The largest absolute Gasteiger partial charge is 0.508 e. The van der Waals surface area contributed by atoms with Crippen molar-refractivity contribution in [2.45, 2.75) is 13.0 Å². The van der Waals surface area contributed by atoms with Gasteiger partial charge in [0.25, 0.3) is 0 Å². The lowest BCUT2D eigenvalue weighted by atomic mass is 9.97. The minimum Gasteiger partial charge on any atom is -0.508 e. The van der Waals surface area contributed by atoms with Gasteiger partial charge in [-0.05, 0) is 36.8 Å². The molecule has 5 nitrogen and oxygen atoms in total. The van der Waals surface area contributed by atoms with Gasteiger partial charge in [0, 0.05) is 11.3 Å². The predicted octanol–water partition coefficient (Wildman–Crippen LogP) is 1.81. The van der Waals surface area contributed by atoms with Crippen LogP contribution in [0.1, 0.15) is 22.9 Å². The SMILES string of the molecule is Cc1[nH]nc2c1C(c1cccc(O)c1)NC(=S)N2. The Morgan fingerprint density at radius 1 is 1.39 bits per heavy atom. The number of phenols is 1. The number of rotatable bonds is 1. The van der Waals surface area contributed by atoms with Crippen LogP contribution in [0.5, 0.6) is 5.75 Å². The van der Waals surface area contributed by atoms with Crippen molar-refractivity contribution < 1.29 is 5.11 Å². The monoisotopic (exact) mass is 260 g/mol. The summed E-state index contributed by atoms with van der Waals surface area (Å²) in [6.45, 7) is 1.96. The maximum Gasteiger partial charge on any atom is 0.172 e. The Bertz CT molecular complexity index is 622. The van der Waals surface area contributed by atoms with Gasteiger partial charge in [0.05, 0.1) is 6.04 Å². The summed E-state index contributed by atoms with van der Waals surface area (Å²) in [5.41, 5.74) is 2.94. The molecule has 18 heavy (non-hydrogen) atoms. The van der Waals surface area contributed by atoms with E-state index >= 15 is 0 Å². The number of anilines is 1. The number of benzene rings is 1. The molecule has 3 rings (SSSR count). The third-order valence-corrected chi connectivity index (χ3v) is 3.21. The molecule has 2 heterocycles. The summed E-state index contributed by atoms with van der Waals surface area (Å²) in [5.74, 6) is 0.978. The average Bonchev–Trinajstić information content (AvgIpc) is 2.70. The number of nitrogens with zero attached hydrogens (tertiary/aromatic N) is 1. The van der Waals surface area contributed by atoms with Crippen LogP contribution >= 0.6 is 12.2 Å². The minimum atomic E-state index is -0.0976. The second-order valence-electron chi connectivity index (χ2n) is 4.24. The van der Waals surface area contributed by atoms with Crippen LogP contribution in [0.3, 0.4) is 0 Å². The van der Waals surface area contributed by atoms with E-state index in [1.807, 2.05) is 19.1 Å². The first-order valence-corrected chi connectivity index (χ1v) is 5.97. The molecule has 2 aromatic rings. The lowest BCUT2D eigenvalue weighted by Crippen LogP contribution is -2.38. The number of hydrogen-bond acceptors (Lipinski definition) is 3. The maximum atomic E-state index is 9.58. The van der Waals surface area contributed by atoms with Gasteiger partial charge in [-0.2, -0.15) is 5.10 Å². The van der Waals surface area contributed by atoms with Gasteiger partial charge in [-0.15, -0.1) is 0 Å². The molecule has 1 aromatic heterocycles. The fourth-order valence-electron chi connectivity index (χ4n) is 2.19. The molecule has 0 amide bonds. The molecule has 1 atom stereocenters. The van der Waals surface area contributed by atoms with E-state index in [2.05, 4.69) is 20.8 Å². The molecule has 6 heteroatoms. The number of nitrogens with one attached hydrogen (secondary N) is 3. The Morgan fingerprint density at radius 2 is 2.22 bits per heavy atom. The van der Waals surface area contributed by atoms with Crippen LogP contribution in [0.15, 0.2) is 24.3 Å². The van der Waals surface area contributed by atoms with E-state index in [0.717, 1.165) is 22.6 Å². The number of hydrogen-bond donors (Lipinski definition) is 4. The van der Waals surface area contributed by atoms with E-state index in [0.29, 0.717) is 5.11 Å². The summed E-state index contributed by atoms with van der Waals surface area (Å²) < 4.78 is 0. The van der Waals surface area contributed by atoms with Crippen molar-refractivity contribution >= 4 is 23.1 Å². The maximum absolute atomic E-state index is 9.58. The Morgan fingerprint density at radius 3 is 3.00 bits per heavy atom. The number of H-pyrrole nitrogens is 1. The molecular formula is C12H12N4OS. The van der Waals surface area contributed by atoms with Gasteiger partial charge in [0.1, 0.15) is 5.75 Å². The fraction of sp³-hybridized carbons (Fsp3) is 0.167. The molecule has 0 bridgehead atoms. The van der Waals surface area contributed by atoms with Gasteiger partial charge < -0.3 is 15.7 Å². The van der Waals surface area contributed by atoms with Crippen LogP contribution in [-0.4, -0.2) is 20.4 Å². The first-order chi connectivity index (χ1) is 8.65. The summed E-state index contributed by atoms with van der Waals surface area (Å²) in [4.78, 5) is 0. The zero-order valence-corrected chi connectivity index (χ0v) is 10.5. The second-order valence-corrected chi connectivity index (χ2v) is 4.65. The Balaban J connectivity index is 2.12. The number of thiocarbonyl (C=S) groups is 1. The molecule has 1 aromatic carbocycles. The van der Waals surface area contributed by atoms with Crippen molar-refractivity contribution in [2.75, 3.05) is 5.32 Å². The van der Waals surface area contributed by atoms with Gasteiger partial charge >= 0.3 is 0 Å². The molecule has 0 fully saturated rings. The quantitative estimate of drug-likeness (QED) is 0.589. The van der Waals surface area contributed by atoms with E-state index < -0.39 is 0 Å². The molecule has 0 aliphatic carbocycles. The van der Waals surface area contributed by atoms with Crippen molar-refractivity contribution in [2.24, 2.45) is 0 Å². The molecule has 0 saturated carbocycles. The molecular weight excluding hydrogens is 248 g/mol. The minimum absolute atomic E-state index is 0.0976. The summed E-state index contributed by atoms with van der Waals surface area (Å²) in [6.07, 6.45) is 0. The predicted molar refractivity (Wildman–Crippen MR) is 72.6 cm³/mol. The van der Waals surface area contributed by atoms with Gasteiger partial charge in [-0.1, -0.05) is 12.1 Å². The molecule has 92 valence electrons. The van der Waals surface area contributed by atoms with Gasteiger partial charge in [-0.25, -0.2) is 0 Å². The highest BCUT2D eigenvalue weighted by molar-refractivity contribution is 7.80. The first kappa shape index (κ1) is 11.0. The van der Waals surface area contributed by atoms with E-state index in [9.17, 15) is 5.11 Å². The van der Waals surface area contributed by atoms with Gasteiger partial charge in [0.2, 0.25) is 0 Å². The highest BCUT2D eigenvalue weighted by atomic mass is 32.1. The first-order valence-electron chi connectivity index (χ1n) is 5.56. The molecule has 0 saturated heterocycles. The lowest BCUT2D eigenvalue weighted by Gasteiger charge is -2.26. The van der Waals surface area contributed by atoms with Crippen LogP contribution in [0.25, 0.3) is 0 Å². The highest BCUT2D eigenvalue weighted by Gasteiger charge is 2.28. The Kier molecular flexibility index (Phi) is 2.45. The van der Waals surface area contributed by atoms with Crippen molar-refractivity contribution in [3.05, 3.63) is 41.1 Å². The standard InChI is InChI=1S/C12H12N4OS/c1-6-9-10(7-3-2-4-8(17)5-7)13-12(18)14-11(9)16-15-6/h2-5,10,17H,1H3,(H3,13,14,15,16,18). The molecule has 1 unspecified atom stereocenters. The number of aromatic hydroxyl groups is 1. The molecule has 0 radical (unpaired) electrons. The summed E-state index contributed by atoms with van der Waals surface area (Å²) in [7, 11) is 0. The highest BCUT2D eigenvalue weighted by Crippen LogP contribution is 2.33. The Hall–Kier alpha value is -2.08. The number of fused-ring (bicyclic) bond motifs is 1. The number of phenolic OH excluding ortho intramolecular Hbond substituents is 1. The van der Waals surface area contributed by atoms with Crippen molar-refractivity contribution in [3.8, 4) is 5.75 Å². The average molecular weight is 260 g/mol. The fourth-order valence-corrected chi connectivity index (χ4v) is 2.40. The zero-order valence-electron chi connectivity index (χ0n) is 9.69. The van der Waals surface area contributed by atoms with Crippen LogP contribution in [0.4, 0.5) is 5.82 Å². The summed E-state index contributed by atoms with van der Waals surface area (Å²) in [5, 5.41) is 23.4. The number of aromatic nitrogens is 2.